The van der Waals surface area contributed by atoms with Crippen LogP contribution in [-0.2, 0) is 0 Å². The minimum Gasteiger partial charge on any atom is -0.390 e. The molecule has 1 aromatic rings. The van der Waals surface area contributed by atoms with Crippen LogP contribution in [0.1, 0.15) is 29.4 Å². The molecule has 1 aliphatic heterocycles. The number of piperidine rings is 1. The maximum Gasteiger partial charge on any atom is 0.267 e. The molecular weight excluding hydrogens is 264 g/mol. The molecule has 7 heteroatoms. The van der Waals surface area contributed by atoms with Gasteiger partial charge in [0.25, 0.3) is 5.91 Å². The minimum atomic E-state index is -0.662. The average molecular weight is 284 g/mol. The maximum atomic E-state index is 12.4. The van der Waals surface area contributed by atoms with Crippen LogP contribution in [0.5, 0.6) is 0 Å². The molecule has 0 spiro atoms. The highest BCUT2D eigenvalue weighted by atomic mass is 32.1. The molecule has 1 saturated heterocycles. The third-order valence-corrected chi connectivity index (χ3v) is 4.57. The van der Waals surface area contributed by atoms with Gasteiger partial charge in [0.1, 0.15) is 10.7 Å². The van der Waals surface area contributed by atoms with E-state index >= 15 is 0 Å². The number of hydrogen-bond donors (Lipinski definition) is 2. The highest BCUT2D eigenvalue weighted by Gasteiger charge is 2.31. The van der Waals surface area contributed by atoms with Gasteiger partial charge in [-0.05, 0) is 19.8 Å². The van der Waals surface area contributed by atoms with E-state index in [-0.39, 0.29) is 11.7 Å². The summed E-state index contributed by atoms with van der Waals surface area (Å²) in [6.07, 6.45) is 1.19. The zero-order valence-corrected chi connectivity index (χ0v) is 12.3. The average Bonchev–Trinajstić information content (AvgIpc) is 2.70. The quantitative estimate of drug-likeness (QED) is 0.838. The van der Waals surface area contributed by atoms with Crippen LogP contribution < -0.4 is 10.6 Å². The van der Waals surface area contributed by atoms with Crippen LogP contribution >= 0.6 is 11.3 Å². The van der Waals surface area contributed by atoms with Gasteiger partial charge in [0, 0.05) is 27.2 Å². The van der Waals surface area contributed by atoms with E-state index in [1.165, 1.54) is 11.3 Å². The number of nitrogens with zero attached hydrogens (tertiary/aromatic N) is 3. The van der Waals surface area contributed by atoms with Gasteiger partial charge in [-0.1, -0.05) is 11.3 Å². The van der Waals surface area contributed by atoms with Crippen molar-refractivity contribution < 1.29 is 9.90 Å². The molecule has 6 nitrogen and oxygen atoms in total. The van der Waals surface area contributed by atoms with Crippen molar-refractivity contribution in [1.82, 2.24) is 9.88 Å². The standard InChI is InChI=1S/C12H20N4O2S/c1-12(18)4-6-16(7-5-12)10(17)8-9(13)14-11(19-8)15(2)3/h18H,4-7,13H2,1-3H3. The number of nitrogen functional groups attached to an aromatic ring is 1. The molecule has 0 radical (unpaired) electrons. The second kappa shape index (κ2) is 4.97. The number of anilines is 2. The summed E-state index contributed by atoms with van der Waals surface area (Å²) in [4.78, 5) is 20.6. The van der Waals surface area contributed by atoms with E-state index in [2.05, 4.69) is 4.98 Å². The van der Waals surface area contributed by atoms with Gasteiger partial charge in [-0.3, -0.25) is 4.79 Å². The van der Waals surface area contributed by atoms with Crippen molar-refractivity contribution >= 4 is 28.2 Å². The third-order valence-electron chi connectivity index (χ3n) is 3.35. The minimum absolute atomic E-state index is 0.0846. The molecule has 0 aliphatic carbocycles. The molecule has 1 fully saturated rings. The summed E-state index contributed by atoms with van der Waals surface area (Å²) in [6.45, 7) is 2.92. The van der Waals surface area contributed by atoms with Gasteiger partial charge in [-0.2, -0.15) is 0 Å². The van der Waals surface area contributed by atoms with Crippen LogP contribution in [0.2, 0.25) is 0 Å². The van der Waals surface area contributed by atoms with Gasteiger partial charge in [0.15, 0.2) is 5.13 Å². The van der Waals surface area contributed by atoms with E-state index in [1.807, 2.05) is 19.0 Å². The second-order valence-electron chi connectivity index (χ2n) is 5.39. The van der Waals surface area contributed by atoms with E-state index in [1.54, 1.807) is 11.8 Å². The third kappa shape index (κ3) is 2.98. The first-order valence-electron chi connectivity index (χ1n) is 6.25. The fraction of sp³-hybridized carbons (Fsp3) is 0.667. The van der Waals surface area contributed by atoms with E-state index in [4.69, 9.17) is 5.73 Å². The number of rotatable bonds is 2. The zero-order valence-electron chi connectivity index (χ0n) is 11.5. The SMILES string of the molecule is CN(C)c1nc(N)c(C(=O)N2CCC(C)(O)CC2)s1. The largest absolute Gasteiger partial charge is 0.390 e. The lowest BCUT2D eigenvalue weighted by molar-refractivity contribution is -0.00185. The van der Waals surface area contributed by atoms with Crippen molar-refractivity contribution in [1.29, 1.82) is 0 Å². The Morgan fingerprint density at radius 1 is 1.47 bits per heavy atom. The predicted molar refractivity (Wildman–Crippen MR) is 76.6 cm³/mol. The van der Waals surface area contributed by atoms with Crippen LogP contribution in [-0.4, -0.2) is 53.7 Å². The van der Waals surface area contributed by atoms with Crippen molar-refractivity contribution in [2.24, 2.45) is 0 Å². The number of nitrogens with two attached hydrogens (primary N) is 1. The number of carbonyl (C=O) groups is 1. The molecule has 0 bridgehead atoms. The summed E-state index contributed by atoms with van der Waals surface area (Å²) in [5.41, 5.74) is 5.15. The summed E-state index contributed by atoms with van der Waals surface area (Å²) in [5.74, 6) is 0.203. The molecule has 106 valence electrons. The Morgan fingerprint density at radius 3 is 2.53 bits per heavy atom. The fourth-order valence-corrected chi connectivity index (χ4v) is 2.88. The van der Waals surface area contributed by atoms with Crippen molar-refractivity contribution in [2.45, 2.75) is 25.4 Å². The molecule has 3 N–H and O–H groups in total. The van der Waals surface area contributed by atoms with Gasteiger partial charge >= 0.3 is 0 Å². The summed E-state index contributed by atoms with van der Waals surface area (Å²) in [7, 11) is 3.73. The Morgan fingerprint density at radius 2 is 2.05 bits per heavy atom. The summed E-state index contributed by atoms with van der Waals surface area (Å²) >= 11 is 1.31. The van der Waals surface area contributed by atoms with Crippen LogP contribution in [0.3, 0.4) is 0 Å². The fourth-order valence-electron chi connectivity index (χ4n) is 2.00. The molecule has 0 aromatic carbocycles. The number of hydrogen-bond acceptors (Lipinski definition) is 6. The molecular formula is C12H20N4O2S. The van der Waals surface area contributed by atoms with Gasteiger partial charge < -0.3 is 20.6 Å². The van der Waals surface area contributed by atoms with Crippen LogP contribution in [0.25, 0.3) is 0 Å². The number of aromatic nitrogens is 1. The van der Waals surface area contributed by atoms with Crippen LogP contribution in [0, 0.1) is 0 Å². The number of thiazole rings is 1. The first-order chi connectivity index (χ1) is 8.80. The summed E-state index contributed by atoms with van der Waals surface area (Å²) < 4.78 is 0. The number of amides is 1. The molecule has 0 unspecified atom stereocenters. The molecule has 1 amide bonds. The molecule has 0 saturated carbocycles. The van der Waals surface area contributed by atoms with Crippen molar-refractivity contribution in [3.05, 3.63) is 4.88 Å². The van der Waals surface area contributed by atoms with Crippen molar-refractivity contribution in [3.8, 4) is 0 Å². The lowest BCUT2D eigenvalue weighted by Gasteiger charge is -2.35. The molecule has 1 aliphatic rings. The Labute approximate surface area is 116 Å². The number of likely N-dealkylation sites (tertiary alicyclic amines) is 1. The van der Waals surface area contributed by atoms with Crippen LogP contribution in [0.4, 0.5) is 10.9 Å². The highest BCUT2D eigenvalue weighted by molar-refractivity contribution is 7.18. The van der Waals surface area contributed by atoms with Crippen molar-refractivity contribution in [3.63, 3.8) is 0 Å². The van der Waals surface area contributed by atoms with E-state index in [9.17, 15) is 9.90 Å². The normalized spacial score (nSPS) is 18.4. The summed E-state index contributed by atoms with van der Waals surface area (Å²) in [6, 6.07) is 0. The molecule has 0 atom stereocenters. The smallest absolute Gasteiger partial charge is 0.267 e. The maximum absolute atomic E-state index is 12.4. The van der Waals surface area contributed by atoms with E-state index in [0.717, 1.165) is 5.13 Å². The topological polar surface area (TPSA) is 82.7 Å². The Bertz CT molecular complexity index is 474. The number of aliphatic hydroxyl groups is 1. The molecule has 1 aromatic heterocycles. The predicted octanol–water partition coefficient (Wildman–Crippen LogP) is 0.778. The first kappa shape index (κ1) is 14.1. The van der Waals surface area contributed by atoms with Gasteiger partial charge in [0.2, 0.25) is 0 Å². The van der Waals surface area contributed by atoms with E-state index < -0.39 is 5.60 Å². The number of carbonyl (C=O) groups excluding carboxylic acids is 1. The van der Waals surface area contributed by atoms with Crippen molar-refractivity contribution in [2.75, 3.05) is 37.8 Å². The summed E-state index contributed by atoms with van der Waals surface area (Å²) in [5, 5.41) is 10.6. The van der Waals surface area contributed by atoms with Gasteiger partial charge in [-0.25, -0.2) is 4.98 Å². The first-order valence-corrected chi connectivity index (χ1v) is 7.07. The van der Waals surface area contributed by atoms with Gasteiger partial charge in [-0.15, -0.1) is 0 Å². The highest BCUT2D eigenvalue weighted by Crippen LogP contribution is 2.30. The molecule has 2 rings (SSSR count). The second-order valence-corrected chi connectivity index (χ2v) is 6.37. The van der Waals surface area contributed by atoms with E-state index in [0.29, 0.717) is 30.8 Å². The van der Waals surface area contributed by atoms with Gasteiger partial charge in [0.05, 0.1) is 5.60 Å². The monoisotopic (exact) mass is 284 g/mol. The zero-order chi connectivity index (χ0) is 14.2. The Kier molecular flexibility index (Phi) is 3.69. The van der Waals surface area contributed by atoms with Crippen LogP contribution in [0.15, 0.2) is 0 Å². The lowest BCUT2D eigenvalue weighted by atomic mass is 9.94. The lowest BCUT2D eigenvalue weighted by Crippen LogP contribution is -2.45. The Hall–Kier alpha value is -1.34. The Balaban J connectivity index is 2.12. The molecule has 2 heterocycles. The molecule has 19 heavy (non-hydrogen) atoms.